The number of carbonyl (C=O) groups excluding carboxylic acids is 1. The Balaban J connectivity index is 1.58. The van der Waals surface area contributed by atoms with E-state index in [0.29, 0.717) is 12.5 Å². The number of benzene rings is 2. The number of carboxylic acids is 1. The van der Waals surface area contributed by atoms with Crippen molar-refractivity contribution in [3.63, 3.8) is 0 Å². The molecule has 2 amide bonds. The first kappa shape index (κ1) is 28.8. The van der Waals surface area contributed by atoms with Crippen LogP contribution in [0.5, 0.6) is 5.75 Å². The minimum atomic E-state index is -3.13. The van der Waals surface area contributed by atoms with E-state index in [1.165, 1.54) is 4.90 Å². The third kappa shape index (κ3) is 6.35. The first-order valence-corrected chi connectivity index (χ1v) is 13.6. The molecular weight excluding hydrogens is 506 g/mol. The van der Waals surface area contributed by atoms with Crippen LogP contribution in [0.2, 0.25) is 0 Å². The highest BCUT2D eigenvalue weighted by molar-refractivity contribution is 5.88. The average Bonchev–Trinajstić information content (AvgIpc) is 3.72. The normalized spacial score (nSPS) is 18.9. The van der Waals surface area contributed by atoms with Gasteiger partial charge >= 0.3 is 12.0 Å². The zero-order valence-corrected chi connectivity index (χ0v) is 23.0. The SMILES string of the molecule is CCOc1c(C2CC2)ccc([C@@H](C)N(CCOC(C)c2ccccc2)C(=O)NC2(C(=O)O)CC(F)(F)C2)c1C. The van der Waals surface area contributed by atoms with E-state index in [4.69, 9.17) is 9.47 Å². The molecule has 2 aromatic rings. The maximum absolute atomic E-state index is 13.7. The molecule has 4 rings (SSSR count). The number of carboxylic acid groups (broad SMARTS) is 1. The topological polar surface area (TPSA) is 88.1 Å². The summed E-state index contributed by atoms with van der Waals surface area (Å²) < 4.78 is 39.5. The molecule has 2 fully saturated rings. The molecule has 2 atom stereocenters. The predicted octanol–water partition coefficient (Wildman–Crippen LogP) is 6.37. The highest BCUT2D eigenvalue weighted by Crippen LogP contribution is 2.48. The first-order valence-electron chi connectivity index (χ1n) is 13.6. The number of hydrogen-bond donors (Lipinski definition) is 2. The summed E-state index contributed by atoms with van der Waals surface area (Å²) in [5.74, 6) is -3.30. The van der Waals surface area contributed by atoms with Crippen LogP contribution in [0.4, 0.5) is 13.6 Å². The van der Waals surface area contributed by atoms with Gasteiger partial charge in [0, 0.05) is 19.4 Å². The highest BCUT2D eigenvalue weighted by Gasteiger charge is 2.62. The first-order chi connectivity index (χ1) is 18.5. The molecule has 7 nitrogen and oxygen atoms in total. The predicted molar refractivity (Wildman–Crippen MR) is 143 cm³/mol. The van der Waals surface area contributed by atoms with Crippen LogP contribution in [0.25, 0.3) is 0 Å². The molecule has 2 aliphatic carbocycles. The fourth-order valence-corrected chi connectivity index (χ4v) is 5.42. The van der Waals surface area contributed by atoms with Gasteiger partial charge in [-0.3, -0.25) is 0 Å². The van der Waals surface area contributed by atoms with Crippen molar-refractivity contribution in [2.24, 2.45) is 0 Å². The Hall–Kier alpha value is -3.20. The standard InChI is InChI=1S/C30H38F2N2O5/c1-5-38-26-19(2)24(13-14-25(26)23-11-12-23)20(3)34(15-16-39-21(4)22-9-7-6-8-10-22)28(37)33-29(27(35)36)17-30(31,32)18-29/h6-10,13-14,20-21,23H,5,11-12,15-18H2,1-4H3,(H,33,37)(H,35,36)/t20-,21?/m1/s1. The van der Waals surface area contributed by atoms with Gasteiger partial charge in [0.1, 0.15) is 5.75 Å². The monoisotopic (exact) mass is 544 g/mol. The van der Waals surface area contributed by atoms with Gasteiger partial charge in [-0.25, -0.2) is 18.4 Å². The molecule has 2 saturated carbocycles. The Morgan fingerprint density at radius 1 is 1.13 bits per heavy atom. The second-order valence-corrected chi connectivity index (χ2v) is 10.7. The lowest BCUT2D eigenvalue weighted by Crippen LogP contribution is -2.68. The van der Waals surface area contributed by atoms with E-state index in [1.807, 2.05) is 70.2 Å². The summed E-state index contributed by atoms with van der Waals surface area (Å²) in [7, 11) is 0. The summed E-state index contributed by atoms with van der Waals surface area (Å²) in [5, 5.41) is 12.1. The van der Waals surface area contributed by atoms with E-state index in [2.05, 4.69) is 5.32 Å². The number of nitrogens with zero attached hydrogens (tertiary/aromatic N) is 1. The molecule has 2 aromatic carbocycles. The number of urea groups is 1. The van der Waals surface area contributed by atoms with E-state index in [9.17, 15) is 23.5 Å². The van der Waals surface area contributed by atoms with Crippen molar-refractivity contribution in [3.05, 3.63) is 64.7 Å². The van der Waals surface area contributed by atoms with Crippen LogP contribution in [0.3, 0.4) is 0 Å². The smallest absolute Gasteiger partial charge is 0.329 e. The molecule has 0 bridgehead atoms. The molecule has 2 aliphatic rings. The zero-order chi connectivity index (χ0) is 28.4. The fourth-order valence-electron chi connectivity index (χ4n) is 5.42. The minimum absolute atomic E-state index is 0.129. The van der Waals surface area contributed by atoms with Gasteiger partial charge in [0.05, 0.1) is 25.4 Å². The van der Waals surface area contributed by atoms with Gasteiger partial charge in [0.25, 0.3) is 5.92 Å². The number of ether oxygens (including phenoxy) is 2. The Bertz CT molecular complexity index is 1180. The second-order valence-electron chi connectivity index (χ2n) is 10.7. The summed E-state index contributed by atoms with van der Waals surface area (Å²) >= 11 is 0. The summed E-state index contributed by atoms with van der Waals surface area (Å²) in [6, 6.07) is 12.4. The molecule has 212 valence electrons. The highest BCUT2D eigenvalue weighted by atomic mass is 19.3. The molecule has 0 aliphatic heterocycles. The lowest BCUT2D eigenvalue weighted by Gasteiger charge is -2.45. The van der Waals surface area contributed by atoms with E-state index < -0.39 is 42.3 Å². The van der Waals surface area contributed by atoms with E-state index in [0.717, 1.165) is 40.8 Å². The van der Waals surface area contributed by atoms with E-state index in [1.54, 1.807) is 0 Å². The average molecular weight is 545 g/mol. The third-order valence-corrected chi connectivity index (χ3v) is 7.81. The van der Waals surface area contributed by atoms with Crippen LogP contribution >= 0.6 is 0 Å². The molecule has 0 heterocycles. The molecule has 0 spiro atoms. The van der Waals surface area contributed by atoms with Crippen molar-refractivity contribution in [2.75, 3.05) is 19.8 Å². The fraction of sp³-hybridized carbons (Fsp3) is 0.533. The minimum Gasteiger partial charge on any atom is -0.493 e. The summed E-state index contributed by atoms with van der Waals surface area (Å²) in [5.41, 5.74) is 1.89. The van der Waals surface area contributed by atoms with Crippen LogP contribution in [-0.2, 0) is 9.53 Å². The molecule has 0 aromatic heterocycles. The lowest BCUT2D eigenvalue weighted by atomic mass is 9.73. The largest absolute Gasteiger partial charge is 0.493 e. The van der Waals surface area contributed by atoms with Crippen molar-refractivity contribution in [2.45, 2.75) is 82.9 Å². The molecule has 0 saturated heterocycles. The number of nitrogens with one attached hydrogen (secondary N) is 1. The molecular formula is C30H38F2N2O5. The van der Waals surface area contributed by atoms with Crippen molar-refractivity contribution >= 4 is 12.0 Å². The molecule has 1 unspecified atom stereocenters. The van der Waals surface area contributed by atoms with E-state index >= 15 is 0 Å². The van der Waals surface area contributed by atoms with Gasteiger partial charge in [0.15, 0.2) is 5.54 Å². The van der Waals surface area contributed by atoms with Gasteiger partial charge in [-0.05, 0) is 68.7 Å². The second kappa shape index (κ2) is 11.5. The number of alkyl halides is 2. The summed E-state index contributed by atoms with van der Waals surface area (Å²) in [6.45, 7) is 8.44. The van der Waals surface area contributed by atoms with Crippen LogP contribution in [-0.4, -0.2) is 53.2 Å². The Kier molecular flexibility index (Phi) is 8.49. The van der Waals surface area contributed by atoms with Gasteiger partial charge in [-0.1, -0.05) is 42.5 Å². The number of carbonyl (C=O) groups is 2. The zero-order valence-electron chi connectivity index (χ0n) is 23.0. The maximum Gasteiger partial charge on any atom is 0.329 e. The lowest BCUT2D eigenvalue weighted by molar-refractivity contribution is -0.175. The van der Waals surface area contributed by atoms with Crippen molar-refractivity contribution in [3.8, 4) is 5.75 Å². The number of amides is 2. The van der Waals surface area contributed by atoms with Crippen LogP contribution in [0.15, 0.2) is 42.5 Å². The van der Waals surface area contributed by atoms with Gasteiger partial charge in [-0.15, -0.1) is 0 Å². The number of halogens is 2. The van der Waals surface area contributed by atoms with Crippen molar-refractivity contribution in [1.82, 2.24) is 10.2 Å². The molecule has 2 N–H and O–H groups in total. The molecule has 39 heavy (non-hydrogen) atoms. The van der Waals surface area contributed by atoms with Gasteiger partial charge in [0.2, 0.25) is 0 Å². The van der Waals surface area contributed by atoms with Gasteiger partial charge in [-0.2, -0.15) is 0 Å². The maximum atomic E-state index is 13.7. The van der Waals surface area contributed by atoms with Crippen LogP contribution in [0.1, 0.15) is 86.8 Å². The molecule has 0 radical (unpaired) electrons. The van der Waals surface area contributed by atoms with Gasteiger partial charge < -0.3 is 24.8 Å². The van der Waals surface area contributed by atoms with Crippen LogP contribution < -0.4 is 10.1 Å². The Morgan fingerprint density at radius 3 is 2.36 bits per heavy atom. The number of rotatable bonds is 12. The third-order valence-electron chi connectivity index (χ3n) is 7.81. The summed E-state index contributed by atoms with van der Waals surface area (Å²) in [6.07, 6.45) is 0.123. The molecule has 9 heteroatoms. The van der Waals surface area contributed by atoms with Crippen molar-refractivity contribution < 1.29 is 33.0 Å². The van der Waals surface area contributed by atoms with Crippen LogP contribution in [0, 0.1) is 6.92 Å². The Morgan fingerprint density at radius 2 is 1.79 bits per heavy atom. The number of aliphatic carboxylic acids is 1. The summed E-state index contributed by atoms with van der Waals surface area (Å²) in [4.78, 5) is 26.9. The quantitative estimate of drug-likeness (QED) is 0.324. The number of hydrogen-bond acceptors (Lipinski definition) is 4. The van der Waals surface area contributed by atoms with E-state index in [-0.39, 0.29) is 19.3 Å². The van der Waals surface area contributed by atoms with Crippen molar-refractivity contribution in [1.29, 1.82) is 0 Å². The Labute approximate surface area is 228 Å².